The molecule has 214 valence electrons. The molecule has 0 spiro atoms. The van der Waals surface area contributed by atoms with E-state index in [0.29, 0.717) is 42.3 Å². The fourth-order valence-corrected chi connectivity index (χ4v) is 5.54. The standard InChI is InChI=1S/C33H38N4O4/c1-39-29-12-13-30(31(21-29)40-2)33(38)37-18-16-35(17-19-37)23-32(41-24-26-10-8-25(22-34)9-11-26)27-6-5-7-28(20-27)36-14-3-4-15-36/h5-13,20-21,32H,3-4,14-19,23-24H2,1-2H3. The third-order valence-corrected chi connectivity index (χ3v) is 7.97. The topological polar surface area (TPSA) is 78.3 Å². The number of anilines is 1. The van der Waals surface area contributed by atoms with Crippen molar-refractivity contribution < 1.29 is 19.0 Å². The van der Waals surface area contributed by atoms with Gasteiger partial charge >= 0.3 is 0 Å². The molecule has 3 aromatic rings. The number of nitriles is 1. The van der Waals surface area contributed by atoms with E-state index in [9.17, 15) is 4.79 Å². The SMILES string of the molecule is COc1ccc(C(=O)N2CCN(CC(OCc3ccc(C#N)cc3)c3cccc(N4CCCC4)c3)CC2)c(OC)c1. The van der Waals surface area contributed by atoms with E-state index >= 15 is 0 Å². The zero-order valence-corrected chi connectivity index (χ0v) is 23.9. The molecule has 3 aromatic carbocycles. The van der Waals surface area contributed by atoms with Crippen LogP contribution in [0.3, 0.4) is 0 Å². The second kappa shape index (κ2) is 13.5. The number of ether oxygens (including phenoxy) is 3. The molecule has 0 aliphatic carbocycles. The third-order valence-electron chi connectivity index (χ3n) is 7.97. The fraction of sp³-hybridized carbons (Fsp3) is 0.394. The first-order chi connectivity index (χ1) is 20.1. The summed E-state index contributed by atoms with van der Waals surface area (Å²) in [6, 6.07) is 23.8. The van der Waals surface area contributed by atoms with Gasteiger partial charge in [0.15, 0.2) is 0 Å². The molecule has 1 unspecified atom stereocenters. The predicted octanol–water partition coefficient (Wildman–Crippen LogP) is 4.89. The molecule has 0 saturated carbocycles. The van der Waals surface area contributed by atoms with Gasteiger partial charge in [0, 0.05) is 57.6 Å². The van der Waals surface area contributed by atoms with E-state index in [1.165, 1.54) is 18.5 Å². The normalized spacial score (nSPS) is 16.3. The van der Waals surface area contributed by atoms with Crippen LogP contribution < -0.4 is 14.4 Å². The third kappa shape index (κ3) is 6.99. The van der Waals surface area contributed by atoms with Crippen molar-refractivity contribution in [1.82, 2.24) is 9.80 Å². The largest absolute Gasteiger partial charge is 0.497 e. The quantitative estimate of drug-likeness (QED) is 0.353. The lowest BCUT2D eigenvalue weighted by atomic mass is 10.1. The minimum absolute atomic E-state index is 0.0314. The van der Waals surface area contributed by atoms with Crippen LogP contribution in [0.5, 0.6) is 11.5 Å². The molecular weight excluding hydrogens is 516 g/mol. The van der Waals surface area contributed by atoms with Crippen molar-refractivity contribution in [2.24, 2.45) is 0 Å². The van der Waals surface area contributed by atoms with E-state index < -0.39 is 0 Å². The molecule has 1 atom stereocenters. The van der Waals surface area contributed by atoms with E-state index in [2.05, 4.69) is 40.1 Å². The number of hydrogen-bond acceptors (Lipinski definition) is 7. The number of methoxy groups -OCH3 is 2. The maximum atomic E-state index is 13.3. The van der Waals surface area contributed by atoms with Crippen molar-refractivity contribution in [1.29, 1.82) is 5.26 Å². The molecule has 0 aromatic heterocycles. The van der Waals surface area contributed by atoms with E-state index in [1.54, 1.807) is 32.4 Å². The first-order valence-corrected chi connectivity index (χ1v) is 14.3. The Balaban J connectivity index is 1.26. The zero-order chi connectivity index (χ0) is 28.6. The summed E-state index contributed by atoms with van der Waals surface area (Å²) >= 11 is 0. The second-order valence-corrected chi connectivity index (χ2v) is 10.6. The monoisotopic (exact) mass is 554 g/mol. The number of carbonyl (C=O) groups excluding carboxylic acids is 1. The Morgan fingerprint density at radius 3 is 2.34 bits per heavy atom. The van der Waals surface area contributed by atoms with Gasteiger partial charge in [0.05, 0.1) is 44.1 Å². The van der Waals surface area contributed by atoms with Crippen LogP contribution in [-0.2, 0) is 11.3 Å². The molecule has 0 N–H and O–H groups in total. The number of piperazine rings is 1. The van der Waals surface area contributed by atoms with E-state index in [1.807, 2.05) is 29.2 Å². The van der Waals surface area contributed by atoms with Crippen molar-refractivity contribution >= 4 is 11.6 Å². The Kier molecular flexibility index (Phi) is 9.40. The maximum absolute atomic E-state index is 13.3. The van der Waals surface area contributed by atoms with Crippen LogP contribution in [0, 0.1) is 11.3 Å². The van der Waals surface area contributed by atoms with Crippen molar-refractivity contribution in [3.05, 3.63) is 89.0 Å². The number of rotatable bonds is 10. The Morgan fingerprint density at radius 2 is 1.66 bits per heavy atom. The molecule has 2 aliphatic heterocycles. The molecule has 0 radical (unpaired) electrons. The van der Waals surface area contributed by atoms with Gasteiger partial charge in [-0.2, -0.15) is 5.26 Å². The Labute approximate surface area is 242 Å². The van der Waals surface area contributed by atoms with Crippen LogP contribution in [0.25, 0.3) is 0 Å². The minimum Gasteiger partial charge on any atom is -0.497 e. The summed E-state index contributed by atoms with van der Waals surface area (Å²) < 4.78 is 17.3. The summed E-state index contributed by atoms with van der Waals surface area (Å²) in [5.41, 5.74) is 4.63. The molecule has 2 fully saturated rings. The summed E-state index contributed by atoms with van der Waals surface area (Å²) in [4.78, 5) is 20.0. The van der Waals surface area contributed by atoms with Crippen LogP contribution in [-0.4, -0.2) is 75.7 Å². The predicted molar refractivity (Wildman–Crippen MR) is 158 cm³/mol. The van der Waals surface area contributed by atoms with Crippen molar-refractivity contribution in [2.45, 2.75) is 25.6 Å². The molecule has 41 heavy (non-hydrogen) atoms. The van der Waals surface area contributed by atoms with Gasteiger partial charge < -0.3 is 24.0 Å². The zero-order valence-electron chi connectivity index (χ0n) is 23.9. The summed E-state index contributed by atoms with van der Waals surface area (Å²) in [7, 11) is 3.17. The van der Waals surface area contributed by atoms with Gasteiger partial charge in [-0.3, -0.25) is 9.69 Å². The van der Waals surface area contributed by atoms with Crippen LogP contribution >= 0.6 is 0 Å². The number of carbonyl (C=O) groups is 1. The maximum Gasteiger partial charge on any atom is 0.257 e. The van der Waals surface area contributed by atoms with Gasteiger partial charge in [-0.15, -0.1) is 0 Å². The molecule has 8 heteroatoms. The smallest absolute Gasteiger partial charge is 0.257 e. The van der Waals surface area contributed by atoms with Crippen molar-refractivity contribution in [2.75, 3.05) is 64.9 Å². The van der Waals surface area contributed by atoms with E-state index in [-0.39, 0.29) is 12.0 Å². The highest BCUT2D eigenvalue weighted by Crippen LogP contribution is 2.29. The average molecular weight is 555 g/mol. The molecular formula is C33H38N4O4. The van der Waals surface area contributed by atoms with Crippen LogP contribution in [0.2, 0.25) is 0 Å². The van der Waals surface area contributed by atoms with Crippen molar-refractivity contribution in [3.8, 4) is 17.6 Å². The highest BCUT2D eigenvalue weighted by molar-refractivity contribution is 5.97. The van der Waals surface area contributed by atoms with E-state index in [4.69, 9.17) is 19.5 Å². The average Bonchev–Trinajstić information content (AvgIpc) is 3.58. The lowest BCUT2D eigenvalue weighted by Crippen LogP contribution is -2.49. The van der Waals surface area contributed by atoms with Gasteiger partial charge in [0.1, 0.15) is 11.5 Å². The first kappa shape index (κ1) is 28.5. The molecule has 2 saturated heterocycles. The number of benzene rings is 3. The Morgan fingerprint density at radius 1 is 0.902 bits per heavy atom. The summed E-state index contributed by atoms with van der Waals surface area (Å²) in [6.07, 6.45) is 2.33. The van der Waals surface area contributed by atoms with E-state index in [0.717, 1.165) is 43.9 Å². The molecule has 2 aliphatic rings. The lowest BCUT2D eigenvalue weighted by Gasteiger charge is -2.36. The first-order valence-electron chi connectivity index (χ1n) is 14.3. The van der Waals surface area contributed by atoms with Gasteiger partial charge in [-0.25, -0.2) is 0 Å². The summed E-state index contributed by atoms with van der Waals surface area (Å²) in [6.45, 7) is 6.14. The van der Waals surface area contributed by atoms with Gasteiger partial charge in [-0.05, 0) is 60.4 Å². The summed E-state index contributed by atoms with van der Waals surface area (Å²) in [5.74, 6) is 1.14. The Hall–Kier alpha value is -4.06. The van der Waals surface area contributed by atoms with Crippen LogP contribution in [0.4, 0.5) is 5.69 Å². The minimum atomic E-state index is -0.128. The van der Waals surface area contributed by atoms with Crippen LogP contribution in [0.1, 0.15) is 46.0 Å². The number of nitrogens with zero attached hydrogens (tertiary/aromatic N) is 4. The summed E-state index contributed by atoms with van der Waals surface area (Å²) in [5, 5.41) is 9.13. The number of hydrogen-bond donors (Lipinski definition) is 0. The fourth-order valence-electron chi connectivity index (χ4n) is 5.54. The molecule has 2 heterocycles. The molecule has 8 nitrogen and oxygen atoms in total. The highest BCUT2D eigenvalue weighted by Gasteiger charge is 2.27. The molecule has 5 rings (SSSR count). The molecule has 1 amide bonds. The molecule has 0 bridgehead atoms. The van der Waals surface area contributed by atoms with Crippen LogP contribution in [0.15, 0.2) is 66.7 Å². The lowest BCUT2D eigenvalue weighted by molar-refractivity contribution is 0.00341. The van der Waals surface area contributed by atoms with Crippen molar-refractivity contribution in [3.63, 3.8) is 0 Å². The van der Waals surface area contributed by atoms with Gasteiger partial charge in [0.25, 0.3) is 5.91 Å². The Bertz CT molecular complexity index is 1360. The second-order valence-electron chi connectivity index (χ2n) is 10.6. The number of amides is 1. The highest BCUT2D eigenvalue weighted by atomic mass is 16.5. The van der Waals surface area contributed by atoms with Gasteiger partial charge in [-0.1, -0.05) is 24.3 Å². The van der Waals surface area contributed by atoms with Gasteiger partial charge in [0.2, 0.25) is 0 Å².